The van der Waals surface area contributed by atoms with Crippen LogP contribution in [0.4, 0.5) is 0 Å². The van der Waals surface area contributed by atoms with Gasteiger partial charge in [-0.25, -0.2) is 0 Å². The molecule has 0 saturated carbocycles. The second kappa shape index (κ2) is 4.93. The molecular formula is C13H17BrO. The summed E-state index contributed by atoms with van der Waals surface area (Å²) >= 11 is 3.47. The summed E-state index contributed by atoms with van der Waals surface area (Å²) < 4.78 is 0. The normalized spacial score (nSPS) is 13.6. The van der Waals surface area contributed by atoms with Crippen molar-refractivity contribution in [3.05, 3.63) is 35.9 Å². The van der Waals surface area contributed by atoms with Gasteiger partial charge in [-0.15, -0.1) is 0 Å². The summed E-state index contributed by atoms with van der Waals surface area (Å²) in [5.74, 6) is 0.256. The van der Waals surface area contributed by atoms with E-state index < -0.39 is 0 Å². The van der Waals surface area contributed by atoms with Crippen LogP contribution in [0.2, 0.25) is 0 Å². The Kier molecular flexibility index (Phi) is 4.09. The van der Waals surface area contributed by atoms with Gasteiger partial charge in [0.25, 0.3) is 0 Å². The number of rotatable bonds is 3. The van der Waals surface area contributed by atoms with Crippen molar-refractivity contribution in [3.63, 3.8) is 0 Å². The highest BCUT2D eigenvalue weighted by molar-refractivity contribution is 9.10. The van der Waals surface area contributed by atoms with Crippen molar-refractivity contribution in [2.75, 3.05) is 0 Å². The number of hydrogen-bond donors (Lipinski definition) is 0. The molecule has 82 valence electrons. The average molecular weight is 269 g/mol. The smallest absolute Gasteiger partial charge is 0.152 e. The number of carbonyl (C=O) groups excluding carboxylic acids is 1. The molecule has 1 aromatic carbocycles. The van der Waals surface area contributed by atoms with Crippen molar-refractivity contribution in [3.8, 4) is 0 Å². The Labute approximate surface area is 100 Å². The number of ketones is 1. The number of halogens is 1. The molecule has 0 aliphatic heterocycles. The SMILES string of the molecule is CC(C)(C)C(=O)C(Br)Cc1ccccc1. The van der Waals surface area contributed by atoms with Crippen LogP contribution < -0.4 is 0 Å². The first-order valence-electron chi connectivity index (χ1n) is 5.13. The average Bonchev–Trinajstić information content (AvgIpc) is 2.16. The summed E-state index contributed by atoms with van der Waals surface area (Å²) in [4.78, 5) is 11.8. The van der Waals surface area contributed by atoms with Gasteiger partial charge in [0.15, 0.2) is 5.78 Å². The second-order valence-corrected chi connectivity index (χ2v) is 5.88. The lowest BCUT2D eigenvalue weighted by molar-refractivity contribution is -0.125. The minimum absolute atomic E-state index is 0.0834. The van der Waals surface area contributed by atoms with Crippen LogP contribution in [0.15, 0.2) is 30.3 Å². The monoisotopic (exact) mass is 268 g/mol. The Hall–Kier alpha value is -0.630. The predicted octanol–water partition coefficient (Wildman–Crippen LogP) is 3.61. The van der Waals surface area contributed by atoms with Crippen molar-refractivity contribution < 1.29 is 4.79 Å². The third-order valence-corrected chi connectivity index (χ3v) is 3.02. The largest absolute Gasteiger partial charge is 0.298 e. The van der Waals surface area contributed by atoms with E-state index in [4.69, 9.17) is 0 Å². The van der Waals surface area contributed by atoms with Gasteiger partial charge < -0.3 is 0 Å². The maximum Gasteiger partial charge on any atom is 0.152 e. The minimum Gasteiger partial charge on any atom is -0.298 e. The van der Waals surface area contributed by atoms with Crippen LogP contribution >= 0.6 is 15.9 Å². The molecule has 0 amide bonds. The lowest BCUT2D eigenvalue weighted by atomic mass is 9.87. The van der Waals surface area contributed by atoms with Gasteiger partial charge >= 0.3 is 0 Å². The van der Waals surface area contributed by atoms with Crippen molar-refractivity contribution in [1.29, 1.82) is 0 Å². The van der Waals surface area contributed by atoms with E-state index in [1.807, 2.05) is 51.1 Å². The molecule has 1 unspecified atom stereocenters. The van der Waals surface area contributed by atoms with E-state index in [0.717, 1.165) is 6.42 Å². The van der Waals surface area contributed by atoms with Gasteiger partial charge in [-0.05, 0) is 12.0 Å². The van der Waals surface area contributed by atoms with Crippen LogP contribution in [-0.2, 0) is 11.2 Å². The quantitative estimate of drug-likeness (QED) is 0.766. The molecule has 2 heteroatoms. The molecular weight excluding hydrogens is 252 g/mol. The molecule has 0 aliphatic rings. The molecule has 0 radical (unpaired) electrons. The third kappa shape index (κ3) is 3.78. The summed E-state index contributed by atoms with van der Waals surface area (Å²) in [6.45, 7) is 5.86. The zero-order valence-corrected chi connectivity index (χ0v) is 11.0. The van der Waals surface area contributed by atoms with Gasteiger partial charge in [-0.1, -0.05) is 67.0 Å². The van der Waals surface area contributed by atoms with Crippen molar-refractivity contribution in [2.24, 2.45) is 5.41 Å². The molecule has 0 heterocycles. The zero-order chi connectivity index (χ0) is 11.5. The second-order valence-electron chi connectivity index (χ2n) is 4.77. The van der Waals surface area contributed by atoms with Crippen LogP contribution in [0.5, 0.6) is 0 Å². The Balaban J connectivity index is 2.65. The number of carbonyl (C=O) groups is 1. The Morgan fingerprint density at radius 1 is 1.27 bits per heavy atom. The minimum atomic E-state index is -0.275. The van der Waals surface area contributed by atoms with Gasteiger partial charge in [0, 0.05) is 5.41 Å². The van der Waals surface area contributed by atoms with Gasteiger partial charge in [0.1, 0.15) is 0 Å². The van der Waals surface area contributed by atoms with E-state index in [-0.39, 0.29) is 16.0 Å². The fraction of sp³-hybridized carbons (Fsp3) is 0.462. The third-order valence-electron chi connectivity index (χ3n) is 2.28. The number of alkyl halides is 1. The van der Waals surface area contributed by atoms with Crippen molar-refractivity contribution in [2.45, 2.75) is 32.0 Å². The Bertz CT molecular complexity index is 324. The Morgan fingerprint density at radius 3 is 2.27 bits per heavy atom. The summed E-state index contributed by atoms with van der Waals surface area (Å²) in [6.07, 6.45) is 0.761. The van der Waals surface area contributed by atoms with E-state index in [2.05, 4.69) is 15.9 Å². The maximum atomic E-state index is 11.9. The fourth-order valence-corrected chi connectivity index (χ4v) is 2.44. The maximum absolute atomic E-state index is 11.9. The topological polar surface area (TPSA) is 17.1 Å². The van der Waals surface area contributed by atoms with Crippen LogP contribution in [0, 0.1) is 5.41 Å². The van der Waals surface area contributed by atoms with E-state index >= 15 is 0 Å². The van der Waals surface area contributed by atoms with Crippen LogP contribution in [0.25, 0.3) is 0 Å². The first kappa shape index (κ1) is 12.4. The number of hydrogen-bond acceptors (Lipinski definition) is 1. The molecule has 1 atom stereocenters. The highest BCUT2D eigenvalue weighted by Crippen LogP contribution is 2.23. The van der Waals surface area contributed by atoms with Crippen LogP contribution in [-0.4, -0.2) is 10.6 Å². The molecule has 1 aromatic rings. The van der Waals surface area contributed by atoms with Crippen LogP contribution in [0.3, 0.4) is 0 Å². The van der Waals surface area contributed by atoms with Crippen molar-refractivity contribution in [1.82, 2.24) is 0 Å². The molecule has 0 bridgehead atoms. The summed E-state index contributed by atoms with van der Waals surface area (Å²) in [5.41, 5.74) is 0.917. The standard InChI is InChI=1S/C13H17BrO/c1-13(2,3)12(15)11(14)9-10-7-5-4-6-8-10/h4-8,11H,9H2,1-3H3. The zero-order valence-electron chi connectivity index (χ0n) is 9.46. The van der Waals surface area contributed by atoms with E-state index in [1.54, 1.807) is 0 Å². The molecule has 0 aliphatic carbocycles. The van der Waals surface area contributed by atoms with Crippen LogP contribution in [0.1, 0.15) is 26.3 Å². The molecule has 0 aromatic heterocycles. The van der Waals surface area contributed by atoms with E-state index in [0.29, 0.717) is 0 Å². The van der Waals surface area contributed by atoms with E-state index in [1.165, 1.54) is 5.56 Å². The van der Waals surface area contributed by atoms with E-state index in [9.17, 15) is 4.79 Å². The Morgan fingerprint density at radius 2 is 1.80 bits per heavy atom. The number of Topliss-reactive ketones (excluding diaryl/α,β-unsaturated/α-hetero) is 1. The highest BCUT2D eigenvalue weighted by Gasteiger charge is 2.27. The lowest BCUT2D eigenvalue weighted by Crippen LogP contribution is -2.29. The molecule has 0 saturated heterocycles. The number of benzene rings is 1. The fourth-order valence-electron chi connectivity index (χ4n) is 1.38. The lowest BCUT2D eigenvalue weighted by Gasteiger charge is -2.20. The molecule has 15 heavy (non-hydrogen) atoms. The summed E-state index contributed by atoms with van der Waals surface area (Å²) in [5, 5.41) is 0. The first-order chi connectivity index (χ1) is 6.91. The van der Waals surface area contributed by atoms with Gasteiger partial charge in [-0.2, -0.15) is 0 Å². The summed E-state index contributed by atoms with van der Waals surface area (Å²) in [6, 6.07) is 10.1. The van der Waals surface area contributed by atoms with Crippen molar-refractivity contribution >= 4 is 21.7 Å². The first-order valence-corrected chi connectivity index (χ1v) is 6.05. The van der Waals surface area contributed by atoms with Gasteiger partial charge in [0.2, 0.25) is 0 Å². The van der Waals surface area contributed by atoms with Gasteiger partial charge in [0.05, 0.1) is 4.83 Å². The molecule has 0 fully saturated rings. The predicted molar refractivity (Wildman–Crippen MR) is 67.3 cm³/mol. The highest BCUT2D eigenvalue weighted by atomic mass is 79.9. The molecule has 0 N–H and O–H groups in total. The molecule has 1 nitrogen and oxygen atoms in total. The summed E-state index contributed by atoms with van der Waals surface area (Å²) in [7, 11) is 0. The molecule has 1 rings (SSSR count). The molecule has 0 spiro atoms. The van der Waals surface area contributed by atoms with Gasteiger partial charge in [-0.3, -0.25) is 4.79 Å².